The van der Waals surface area contributed by atoms with Crippen molar-refractivity contribution < 1.29 is 14.6 Å². The number of H-pyrrole nitrogens is 1. The van der Waals surface area contributed by atoms with E-state index in [0.717, 1.165) is 23.0 Å². The molecule has 0 aliphatic heterocycles. The Morgan fingerprint density at radius 2 is 2.00 bits per heavy atom. The summed E-state index contributed by atoms with van der Waals surface area (Å²) in [4.78, 5) is 14.8. The van der Waals surface area contributed by atoms with Gasteiger partial charge in [0.05, 0.1) is 29.5 Å². The molecular weight excluding hydrogens is 416 g/mol. The highest BCUT2D eigenvalue weighted by Gasteiger charge is 2.22. The SMILES string of the molecule is CN(C(=O)c1cc2c(CC3CCCCC3)n[nH]c2cc1O)c1ccc(OCCCC#N)cc1. The third-order valence-corrected chi connectivity index (χ3v) is 6.43. The molecule has 1 saturated carbocycles. The molecule has 0 atom stereocenters. The predicted octanol–water partition coefficient (Wildman–Crippen LogP) is 5.35. The van der Waals surface area contributed by atoms with Crippen molar-refractivity contribution in [2.24, 2.45) is 5.92 Å². The van der Waals surface area contributed by atoms with Crippen LogP contribution in [0, 0.1) is 17.2 Å². The number of phenolic OH excluding ortho intramolecular Hbond substituents is 1. The second kappa shape index (κ2) is 10.4. The average Bonchev–Trinajstić information content (AvgIpc) is 3.22. The molecule has 0 spiro atoms. The number of aromatic amines is 1. The van der Waals surface area contributed by atoms with Gasteiger partial charge in [-0.25, -0.2) is 0 Å². The Bertz CT molecular complexity index is 1140. The van der Waals surface area contributed by atoms with Gasteiger partial charge in [0.15, 0.2) is 0 Å². The summed E-state index contributed by atoms with van der Waals surface area (Å²) < 4.78 is 5.62. The Labute approximate surface area is 194 Å². The number of aromatic nitrogens is 2. The van der Waals surface area contributed by atoms with Gasteiger partial charge in [-0.05, 0) is 49.1 Å². The molecule has 1 aromatic heterocycles. The third-order valence-electron chi connectivity index (χ3n) is 6.43. The number of rotatable bonds is 8. The summed E-state index contributed by atoms with van der Waals surface area (Å²) >= 11 is 0. The van der Waals surface area contributed by atoms with Crippen molar-refractivity contribution >= 4 is 22.5 Å². The minimum Gasteiger partial charge on any atom is -0.507 e. The molecule has 1 heterocycles. The van der Waals surface area contributed by atoms with E-state index >= 15 is 0 Å². The summed E-state index contributed by atoms with van der Waals surface area (Å²) in [5, 5.41) is 27.5. The van der Waals surface area contributed by atoms with Gasteiger partial charge in [0.1, 0.15) is 11.5 Å². The molecule has 3 aromatic rings. The van der Waals surface area contributed by atoms with Crippen LogP contribution in [-0.2, 0) is 6.42 Å². The van der Waals surface area contributed by atoms with E-state index < -0.39 is 0 Å². The Morgan fingerprint density at radius 3 is 2.73 bits per heavy atom. The topological polar surface area (TPSA) is 102 Å². The number of nitriles is 1. The molecule has 33 heavy (non-hydrogen) atoms. The number of amides is 1. The van der Waals surface area contributed by atoms with Gasteiger partial charge in [0.25, 0.3) is 5.91 Å². The van der Waals surface area contributed by atoms with Gasteiger partial charge in [0.2, 0.25) is 0 Å². The lowest BCUT2D eigenvalue weighted by Crippen LogP contribution is -2.26. The van der Waals surface area contributed by atoms with Crippen molar-refractivity contribution in [2.45, 2.75) is 51.4 Å². The van der Waals surface area contributed by atoms with E-state index in [0.29, 0.717) is 36.8 Å². The molecule has 1 aliphatic rings. The Morgan fingerprint density at radius 1 is 1.24 bits per heavy atom. The number of ether oxygens (including phenoxy) is 1. The van der Waals surface area contributed by atoms with Crippen molar-refractivity contribution in [3.05, 3.63) is 47.7 Å². The molecule has 4 rings (SSSR count). The molecule has 1 aliphatic carbocycles. The van der Waals surface area contributed by atoms with Crippen LogP contribution in [0.1, 0.15) is 61.0 Å². The number of carbonyl (C=O) groups is 1. The zero-order chi connectivity index (χ0) is 23.2. The molecular formula is C26H30N4O3. The van der Waals surface area contributed by atoms with Crippen LogP contribution in [0.2, 0.25) is 0 Å². The van der Waals surface area contributed by atoms with E-state index in [1.54, 1.807) is 43.4 Å². The third kappa shape index (κ3) is 5.28. The van der Waals surface area contributed by atoms with Gasteiger partial charge in [-0.15, -0.1) is 0 Å². The minimum absolute atomic E-state index is 0.0651. The molecule has 0 saturated heterocycles. The van der Waals surface area contributed by atoms with Crippen molar-refractivity contribution in [1.29, 1.82) is 5.26 Å². The van der Waals surface area contributed by atoms with Crippen LogP contribution in [0.5, 0.6) is 11.5 Å². The summed E-state index contributed by atoms with van der Waals surface area (Å²) in [5.41, 5.74) is 2.66. The molecule has 172 valence electrons. The molecule has 0 radical (unpaired) electrons. The zero-order valence-corrected chi connectivity index (χ0v) is 19.0. The number of benzene rings is 2. The van der Waals surface area contributed by atoms with E-state index in [1.165, 1.54) is 37.0 Å². The fraction of sp³-hybridized carbons (Fsp3) is 0.423. The lowest BCUT2D eigenvalue weighted by molar-refractivity contribution is 0.0990. The zero-order valence-electron chi connectivity index (χ0n) is 19.0. The van der Waals surface area contributed by atoms with Crippen molar-refractivity contribution in [3.63, 3.8) is 0 Å². The molecule has 2 N–H and O–H groups in total. The second-order valence-electron chi connectivity index (χ2n) is 8.76. The Kier molecular flexibility index (Phi) is 7.13. The number of aromatic hydroxyl groups is 1. The number of nitrogens with one attached hydrogen (secondary N) is 1. The molecule has 0 unspecified atom stereocenters. The minimum atomic E-state index is -0.290. The maximum atomic E-state index is 13.2. The first kappa shape index (κ1) is 22.7. The Balaban J connectivity index is 1.50. The molecule has 1 fully saturated rings. The van der Waals surface area contributed by atoms with Crippen LogP contribution in [0.15, 0.2) is 36.4 Å². The molecule has 0 bridgehead atoms. The summed E-state index contributed by atoms with van der Waals surface area (Å²) in [6.07, 6.45) is 8.32. The van der Waals surface area contributed by atoms with E-state index in [2.05, 4.69) is 16.3 Å². The molecule has 7 nitrogen and oxygen atoms in total. The highest BCUT2D eigenvalue weighted by Crippen LogP contribution is 2.32. The van der Waals surface area contributed by atoms with Gasteiger partial charge < -0.3 is 14.7 Å². The standard InChI is InChI=1S/C26H30N4O3/c1-30(19-9-11-20(12-10-19)33-14-6-5-13-27)26(32)22-16-21-23(15-18-7-3-2-4-8-18)28-29-24(21)17-25(22)31/h9-12,16-18,31H,2-8,14-15H2,1H3,(H,28,29). The van der Waals surface area contributed by atoms with Gasteiger partial charge in [0, 0.05) is 30.6 Å². The van der Waals surface area contributed by atoms with Crippen LogP contribution in [0.4, 0.5) is 5.69 Å². The second-order valence-corrected chi connectivity index (χ2v) is 8.76. The van der Waals surface area contributed by atoms with Gasteiger partial charge in [-0.1, -0.05) is 32.1 Å². The quantitative estimate of drug-likeness (QED) is 0.454. The fourth-order valence-electron chi connectivity index (χ4n) is 4.50. The maximum Gasteiger partial charge on any atom is 0.261 e. The van der Waals surface area contributed by atoms with Crippen molar-refractivity contribution in [2.75, 3.05) is 18.6 Å². The van der Waals surface area contributed by atoms with E-state index in [-0.39, 0.29) is 17.2 Å². The van der Waals surface area contributed by atoms with Gasteiger partial charge in [-0.3, -0.25) is 9.89 Å². The summed E-state index contributed by atoms with van der Waals surface area (Å²) in [5.74, 6) is 0.959. The fourth-order valence-corrected chi connectivity index (χ4v) is 4.50. The normalized spacial score (nSPS) is 14.2. The van der Waals surface area contributed by atoms with Crippen LogP contribution in [0.3, 0.4) is 0 Å². The van der Waals surface area contributed by atoms with Crippen LogP contribution < -0.4 is 9.64 Å². The van der Waals surface area contributed by atoms with Crippen LogP contribution in [0.25, 0.3) is 10.9 Å². The first-order chi connectivity index (χ1) is 16.1. The highest BCUT2D eigenvalue weighted by atomic mass is 16.5. The van der Waals surface area contributed by atoms with E-state index in [4.69, 9.17) is 10.00 Å². The predicted molar refractivity (Wildman–Crippen MR) is 128 cm³/mol. The largest absolute Gasteiger partial charge is 0.507 e. The average molecular weight is 447 g/mol. The number of carbonyl (C=O) groups excluding carboxylic acids is 1. The van der Waals surface area contributed by atoms with Gasteiger partial charge >= 0.3 is 0 Å². The van der Waals surface area contributed by atoms with Crippen LogP contribution >= 0.6 is 0 Å². The van der Waals surface area contributed by atoms with Gasteiger partial charge in [-0.2, -0.15) is 10.4 Å². The lowest BCUT2D eigenvalue weighted by atomic mass is 9.85. The van der Waals surface area contributed by atoms with Crippen LogP contribution in [-0.4, -0.2) is 34.9 Å². The maximum absolute atomic E-state index is 13.2. The lowest BCUT2D eigenvalue weighted by Gasteiger charge is -2.20. The highest BCUT2D eigenvalue weighted by molar-refractivity contribution is 6.09. The molecule has 1 amide bonds. The number of anilines is 1. The monoisotopic (exact) mass is 446 g/mol. The van der Waals surface area contributed by atoms with E-state index in [1.807, 2.05) is 0 Å². The summed E-state index contributed by atoms with van der Waals surface area (Å²) in [7, 11) is 1.69. The van der Waals surface area contributed by atoms with E-state index in [9.17, 15) is 9.90 Å². The Hall–Kier alpha value is -3.53. The smallest absolute Gasteiger partial charge is 0.261 e. The first-order valence-corrected chi connectivity index (χ1v) is 11.6. The number of hydrogen-bond donors (Lipinski definition) is 2. The number of hydrogen-bond acceptors (Lipinski definition) is 5. The summed E-state index contributed by atoms with van der Waals surface area (Å²) in [6.45, 7) is 0.476. The molecule has 2 aromatic carbocycles. The van der Waals surface area contributed by atoms with Crippen molar-refractivity contribution in [3.8, 4) is 17.6 Å². The number of unbranched alkanes of at least 4 members (excludes halogenated alkanes) is 1. The van der Waals surface area contributed by atoms with Crippen molar-refractivity contribution in [1.82, 2.24) is 10.2 Å². The number of phenols is 1. The first-order valence-electron chi connectivity index (χ1n) is 11.6. The number of fused-ring (bicyclic) bond motifs is 1. The summed E-state index contributed by atoms with van der Waals surface area (Å²) in [6, 6.07) is 12.7. The number of nitrogens with zero attached hydrogens (tertiary/aromatic N) is 3. The molecule has 7 heteroatoms.